The quantitative estimate of drug-likeness (QED) is 0.839. The van der Waals surface area contributed by atoms with Crippen LogP contribution in [0.15, 0.2) is 39.7 Å². The number of H-pyrrole nitrogens is 1. The van der Waals surface area contributed by atoms with Crippen molar-refractivity contribution in [3.63, 3.8) is 0 Å². The van der Waals surface area contributed by atoms with Crippen LogP contribution in [0.25, 0.3) is 0 Å². The van der Waals surface area contributed by atoms with Crippen LogP contribution in [0.2, 0.25) is 0 Å². The maximum Gasteiger partial charge on any atom is 0.310 e. The Morgan fingerprint density at radius 2 is 2.05 bits per heavy atom. The van der Waals surface area contributed by atoms with Crippen molar-refractivity contribution in [2.75, 3.05) is 6.61 Å². The van der Waals surface area contributed by atoms with E-state index in [9.17, 15) is 9.59 Å². The molecule has 2 rings (SSSR count). The van der Waals surface area contributed by atoms with E-state index < -0.39 is 5.97 Å². The van der Waals surface area contributed by atoms with E-state index in [1.807, 2.05) is 24.3 Å². The Morgan fingerprint density at radius 1 is 1.33 bits per heavy atom. The predicted molar refractivity (Wildman–Crippen MR) is 82.1 cm³/mol. The maximum atomic E-state index is 11.9. The molecule has 0 saturated carbocycles. The Labute approximate surface area is 130 Å². The molecule has 0 aliphatic rings. The van der Waals surface area contributed by atoms with Crippen molar-refractivity contribution in [2.45, 2.75) is 19.8 Å². The van der Waals surface area contributed by atoms with Crippen LogP contribution in [-0.4, -0.2) is 22.5 Å². The molecule has 110 valence electrons. The third-order valence-corrected chi connectivity index (χ3v) is 3.38. The summed E-state index contributed by atoms with van der Waals surface area (Å²) in [6.07, 6.45) is 1.90. The van der Waals surface area contributed by atoms with E-state index >= 15 is 0 Å². The summed E-state index contributed by atoms with van der Waals surface area (Å²) >= 11 is 3.37. The fraction of sp³-hybridized carbons (Fsp3) is 0.267. The van der Waals surface area contributed by atoms with Gasteiger partial charge in [0.1, 0.15) is 5.82 Å². The first kappa shape index (κ1) is 15.4. The van der Waals surface area contributed by atoms with Gasteiger partial charge in [0.05, 0.1) is 13.0 Å². The van der Waals surface area contributed by atoms with Gasteiger partial charge in [0.15, 0.2) is 0 Å². The molecule has 1 aromatic carbocycles. The molecule has 21 heavy (non-hydrogen) atoms. The first-order valence-electron chi connectivity index (χ1n) is 6.55. The minimum absolute atomic E-state index is 0.0608. The molecule has 1 aromatic heterocycles. The van der Waals surface area contributed by atoms with Crippen molar-refractivity contribution in [3.05, 3.63) is 62.2 Å². The lowest BCUT2D eigenvalue weighted by atomic mass is 10.1. The number of aromatic nitrogens is 2. The predicted octanol–water partition coefficient (Wildman–Crippen LogP) is 2.23. The second-order valence-electron chi connectivity index (χ2n) is 4.47. The smallest absolute Gasteiger partial charge is 0.310 e. The Bertz CT molecular complexity index is 680. The topological polar surface area (TPSA) is 72.0 Å². The summed E-state index contributed by atoms with van der Waals surface area (Å²) in [5, 5.41) is 0. The highest BCUT2D eigenvalue weighted by Gasteiger charge is 2.09. The normalized spacial score (nSPS) is 10.4. The molecular formula is C15H15BrN2O3. The van der Waals surface area contributed by atoms with Crippen molar-refractivity contribution >= 4 is 21.9 Å². The maximum absolute atomic E-state index is 11.9. The van der Waals surface area contributed by atoms with Gasteiger partial charge in [-0.05, 0) is 24.6 Å². The molecule has 0 saturated heterocycles. The van der Waals surface area contributed by atoms with Crippen molar-refractivity contribution in [1.29, 1.82) is 0 Å². The number of carbonyl (C=O) groups excluding carboxylic acids is 1. The van der Waals surface area contributed by atoms with Gasteiger partial charge in [-0.1, -0.05) is 28.1 Å². The summed E-state index contributed by atoms with van der Waals surface area (Å²) in [6, 6.07) is 7.78. The number of nitrogens with zero attached hydrogens (tertiary/aromatic N) is 1. The van der Waals surface area contributed by atoms with E-state index in [0.717, 1.165) is 10.0 Å². The highest BCUT2D eigenvalue weighted by Crippen LogP contribution is 2.12. The minimum Gasteiger partial charge on any atom is -0.466 e. The zero-order valence-electron chi connectivity index (χ0n) is 11.6. The standard InChI is InChI=1S/C15H15BrN2O3/c1-2-21-14(19)8-11-9-17-13(18-15(11)20)7-10-3-5-12(16)6-4-10/h3-6,9H,2,7-8H2,1H3,(H,17,18,20). The van der Waals surface area contributed by atoms with Gasteiger partial charge >= 0.3 is 5.97 Å². The number of nitrogens with one attached hydrogen (secondary N) is 1. The third-order valence-electron chi connectivity index (χ3n) is 2.85. The fourth-order valence-electron chi connectivity index (χ4n) is 1.84. The van der Waals surface area contributed by atoms with E-state index in [4.69, 9.17) is 4.74 Å². The van der Waals surface area contributed by atoms with Crippen molar-refractivity contribution < 1.29 is 9.53 Å². The van der Waals surface area contributed by atoms with Crippen LogP contribution < -0.4 is 5.56 Å². The molecule has 0 spiro atoms. The number of esters is 1. The molecule has 1 heterocycles. The zero-order valence-corrected chi connectivity index (χ0v) is 13.1. The molecule has 5 nitrogen and oxygen atoms in total. The van der Waals surface area contributed by atoms with Crippen LogP contribution in [-0.2, 0) is 22.4 Å². The third kappa shape index (κ3) is 4.53. The van der Waals surface area contributed by atoms with Gasteiger partial charge in [0, 0.05) is 22.7 Å². The van der Waals surface area contributed by atoms with Crippen LogP contribution in [0.3, 0.4) is 0 Å². The summed E-state index contributed by atoms with van der Waals surface area (Å²) in [4.78, 5) is 30.2. The summed E-state index contributed by atoms with van der Waals surface area (Å²) in [6.45, 7) is 2.02. The van der Waals surface area contributed by atoms with Gasteiger partial charge < -0.3 is 9.72 Å². The molecule has 0 unspecified atom stereocenters. The lowest BCUT2D eigenvalue weighted by molar-refractivity contribution is -0.142. The second kappa shape index (κ2) is 7.17. The SMILES string of the molecule is CCOC(=O)Cc1cnc(Cc2ccc(Br)cc2)[nH]c1=O. The van der Waals surface area contributed by atoms with Crippen LogP contribution in [0.4, 0.5) is 0 Å². The minimum atomic E-state index is -0.426. The van der Waals surface area contributed by atoms with E-state index in [0.29, 0.717) is 24.4 Å². The van der Waals surface area contributed by atoms with E-state index in [-0.39, 0.29) is 12.0 Å². The first-order chi connectivity index (χ1) is 10.1. The number of ether oxygens (including phenoxy) is 1. The number of hydrogen-bond acceptors (Lipinski definition) is 4. The average Bonchev–Trinajstić information content (AvgIpc) is 2.45. The molecular weight excluding hydrogens is 336 g/mol. The van der Waals surface area contributed by atoms with Crippen LogP contribution in [0.5, 0.6) is 0 Å². The fourth-order valence-corrected chi connectivity index (χ4v) is 2.10. The van der Waals surface area contributed by atoms with Gasteiger partial charge in [-0.25, -0.2) is 4.98 Å². The first-order valence-corrected chi connectivity index (χ1v) is 7.35. The molecule has 0 radical (unpaired) electrons. The number of halogens is 1. The second-order valence-corrected chi connectivity index (χ2v) is 5.38. The van der Waals surface area contributed by atoms with Gasteiger partial charge in [-0.2, -0.15) is 0 Å². The Kier molecular flexibility index (Phi) is 5.27. The lowest BCUT2D eigenvalue weighted by Gasteiger charge is -2.04. The zero-order chi connectivity index (χ0) is 15.2. The number of carbonyl (C=O) groups is 1. The molecule has 2 aromatic rings. The Hall–Kier alpha value is -1.95. The summed E-state index contributed by atoms with van der Waals surface area (Å²) in [5.41, 5.74) is 1.05. The molecule has 0 atom stereocenters. The summed E-state index contributed by atoms with van der Waals surface area (Å²) < 4.78 is 5.81. The van der Waals surface area contributed by atoms with Gasteiger partial charge in [0.2, 0.25) is 0 Å². The molecule has 0 aliphatic carbocycles. The molecule has 6 heteroatoms. The molecule has 0 bridgehead atoms. The van der Waals surface area contributed by atoms with Gasteiger partial charge in [-0.15, -0.1) is 0 Å². The number of aromatic amines is 1. The number of benzene rings is 1. The van der Waals surface area contributed by atoms with E-state index in [1.54, 1.807) is 6.92 Å². The van der Waals surface area contributed by atoms with Crippen LogP contribution >= 0.6 is 15.9 Å². The van der Waals surface area contributed by atoms with Crippen LogP contribution in [0.1, 0.15) is 23.9 Å². The van der Waals surface area contributed by atoms with Gasteiger partial charge in [0.25, 0.3) is 5.56 Å². The van der Waals surface area contributed by atoms with Crippen molar-refractivity contribution in [2.24, 2.45) is 0 Å². The monoisotopic (exact) mass is 350 g/mol. The largest absolute Gasteiger partial charge is 0.466 e. The molecule has 0 amide bonds. The van der Waals surface area contributed by atoms with E-state index in [1.165, 1.54) is 6.20 Å². The molecule has 0 fully saturated rings. The Balaban J connectivity index is 2.10. The Morgan fingerprint density at radius 3 is 2.67 bits per heavy atom. The number of hydrogen-bond donors (Lipinski definition) is 1. The molecule has 1 N–H and O–H groups in total. The number of rotatable bonds is 5. The average molecular weight is 351 g/mol. The van der Waals surface area contributed by atoms with Gasteiger partial charge in [-0.3, -0.25) is 9.59 Å². The van der Waals surface area contributed by atoms with Crippen molar-refractivity contribution in [3.8, 4) is 0 Å². The molecule has 0 aliphatic heterocycles. The summed E-state index contributed by atoms with van der Waals surface area (Å²) in [5.74, 6) is 0.139. The highest BCUT2D eigenvalue weighted by atomic mass is 79.9. The van der Waals surface area contributed by atoms with E-state index in [2.05, 4.69) is 25.9 Å². The lowest BCUT2D eigenvalue weighted by Crippen LogP contribution is -2.20. The summed E-state index contributed by atoms with van der Waals surface area (Å²) in [7, 11) is 0. The van der Waals surface area contributed by atoms with Crippen molar-refractivity contribution in [1.82, 2.24) is 9.97 Å². The van der Waals surface area contributed by atoms with Crippen LogP contribution in [0, 0.1) is 0 Å². The highest BCUT2D eigenvalue weighted by molar-refractivity contribution is 9.10.